The quantitative estimate of drug-likeness (QED) is 0.763. The number of rotatable bonds is 7. The van der Waals surface area contributed by atoms with Crippen LogP contribution in [-0.4, -0.2) is 56.2 Å². The van der Waals surface area contributed by atoms with Crippen molar-refractivity contribution in [1.82, 2.24) is 9.47 Å². The summed E-state index contributed by atoms with van der Waals surface area (Å²) in [4.78, 5) is 2.27. The minimum atomic E-state index is -2.90. The van der Waals surface area contributed by atoms with E-state index in [4.69, 9.17) is 4.74 Å². The Balaban J connectivity index is 2.03. The Morgan fingerprint density at radius 3 is 2.90 bits per heavy atom. The zero-order valence-electron chi connectivity index (χ0n) is 13.0. The standard InChI is InChI=1S/C15H26N2O3S/c1-3-21(18,19)10-8-16-11-14(6-9-20-2)12-17-7-4-5-15(17)13-16/h4-5,7,14H,3,6,8-13H2,1-2H3/t14-/m1/s1. The van der Waals surface area contributed by atoms with Gasteiger partial charge in [-0.05, 0) is 24.5 Å². The first-order valence-corrected chi connectivity index (χ1v) is 9.42. The molecule has 0 aliphatic carbocycles. The molecule has 120 valence electrons. The Kier molecular flexibility index (Phi) is 5.84. The largest absolute Gasteiger partial charge is 0.385 e. The van der Waals surface area contributed by atoms with E-state index in [-0.39, 0.29) is 11.5 Å². The van der Waals surface area contributed by atoms with Crippen LogP contribution in [0.4, 0.5) is 0 Å². The van der Waals surface area contributed by atoms with Gasteiger partial charge >= 0.3 is 0 Å². The molecule has 2 heterocycles. The van der Waals surface area contributed by atoms with Gasteiger partial charge < -0.3 is 9.30 Å². The predicted octanol–water partition coefficient (Wildman–Crippen LogP) is 1.39. The maximum absolute atomic E-state index is 11.7. The van der Waals surface area contributed by atoms with Gasteiger partial charge in [-0.15, -0.1) is 0 Å². The topological polar surface area (TPSA) is 51.5 Å². The maximum Gasteiger partial charge on any atom is 0.151 e. The summed E-state index contributed by atoms with van der Waals surface area (Å²) in [7, 11) is -1.18. The summed E-state index contributed by atoms with van der Waals surface area (Å²) in [5.41, 5.74) is 1.27. The summed E-state index contributed by atoms with van der Waals surface area (Å²) in [6.07, 6.45) is 3.12. The van der Waals surface area contributed by atoms with Gasteiger partial charge in [0.1, 0.15) is 0 Å². The summed E-state index contributed by atoms with van der Waals surface area (Å²) < 4.78 is 30.9. The molecule has 21 heavy (non-hydrogen) atoms. The van der Waals surface area contributed by atoms with E-state index in [1.807, 2.05) is 0 Å². The van der Waals surface area contributed by atoms with Crippen LogP contribution >= 0.6 is 0 Å². The maximum atomic E-state index is 11.7. The molecule has 1 aliphatic heterocycles. The summed E-state index contributed by atoms with van der Waals surface area (Å²) in [6, 6.07) is 4.19. The van der Waals surface area contributed by atoms with Crippen LogP contribution in [0.1, 0.15) is 19.0 Å². The molecule has 1 aliphatic rings. The third-order valence-electron chi connectivity index (χ3n) is 4.17. The summed E-state index contributed by atoms with van der Waals surface area (Å²) >= 11 is 0. The monoisotopic (exact) mass is 314 g/mol. The third kappa shape index (κ3) is 4.83. The van der Waals surface area contributed by atoms with Crippen LogP contribution in [0.25, 0.3) is 0 Å². The molecule has 0 fully saturated rings. The number of ether oxygens (including phenoxy) is 1. The number of hydrogen-bond acceptors (Lipinski definition) is 4. The predicted molar refractivity (Wildman–Crippen MR) is 84.0 cm³/mol. The van der Waals surface area contributed by atoms with Gasteiger partial charge in [-0.1, -0.05) is 6.92 Å². The fourth-order valence-electron chi connectivity index (χ4n) is 2.82. The number of nitrogens with zero attached hydrogens (tertiary/aromatic N) is 2. The summed E-state index contributed by atoms with van der Waals surface area (Å²) in [6.45, 7) is 5.83. The molecule has 0 saturated carbocycles. The molecule has 0 unspecified atom stereocenters. The van der Waals surface area contributed by atoms with Crippen LogP contribution < -0.4 is 0 Å². The van der Waals surface area contributed by atoms with Crippen molar-refractivity contribution in [3.63, 3.8) is 0 Å². The van der Waals surface area contributed by atoms with Crippen molar-refractivity contribution < 1.29 is 13.2 Å². The van der Waals surface area contributed by atoms with E-state index in [1.54, 1.807) is 14.0 Å². The number of aromatic nitrogens is 1. The first kappa shape index (κ1) is 16.5. The molecule has 5 nitrogen and oxygen atoms in total. The van der Waals surface area contributed by atoms with E-state index in [0.717, 1.165) is 32.7 Å². The van der Waals surface area contributed by atoms with Crippen molar-refractivity contribution in [2.45, 2.75) is 26.4 Å². The minimum absolute atomic E-state index is 0.227. The fraction of sp³-hybridized carbons (Fsp3) is 0.733. The van der Waals surface area contributed by atoms with E-state index in [2.05, 4.69) is 27.8 Å². The van der Waals surface area contributed by atoms with Crippen molar-refractivity contribution in [1.29, 1.82) is 0 Å². The molecule has 6 heteroatoms. The van der Waals surface area contributed by atoms with Gasteiger partial charge in [-0.2, -0.15) is 0 Å². The Morgan fingerprint density at radius 2 is 2.19 bits per heavy atom. The second kappa shape index (κ2) is 7.42. The molecule has 1 aromatic heterocycles. The molecule has 0 bridgehead atoms. The highest BCUT2D eigenvalue weighted by molar-refractivity contribution is 7.91. The molecular weight excluding hydrogens is 288 g/mol. The van der Waals surface area contributed by atoms with Crippen LogP contribution in [0.5, 0.6) is 0 Å². The number of hydrogen-bond donors (Lipinski definition) is 0. The first-order chi connectivity index (χ1) is 10.0. The Labute approximate surface area is 127 Å². The molecule has 0 saturated heterocycles. The van der Waals surface area contributed by atoms with E-state index < -0.39 is 9.84 Å². The second-order valence-corrected chi connectivity index (χ2v) is 8.24. The highest BCUT2D eigenvalue weighted by Crippen LogP contribution is 2.19. The Hall–Kier alpha value is -0.850. The van der Waals surface area contributed by atoms with Crippen molar-refractivity contribution in [3.05, 3.63) is 24.0 Å². The Bertz CT molecular complexity index is 539. The summed E-state index contributed by atoms with van der Waals surface area (Å²) in [5, 5.41) is 0. The van der Waals surface area contributed by atoms with Gasteiger partial charge in [0.2, 0.25) is 0 Å². The van der Waals surface area contributed by atoms with Crippen LogP contribution in [0.15, 0.2) is 18.3 Å². The summed E-state index contributed by atoms with van der Waals surface area (Å²) in [5.74, 6) is 0.980. The van der Waals surface area contributed by atoms with Crippen molar-refractivity contribution >= 4 is 9.84 Å². The average molecular weight is 314 g/mol. The molecule has 0 N–H and O–H groups in total. The van der Waals surface area contributed by atoms with Gasteiger partial charge in [0, 0.05) is 57.5 Å². The SMILES string of the molecule is CCS(=O)(=O)CCN1Cc2cccn2C[C@H](CCOC)C1. The normalized spacial score (nSPS) is 20.2. The van der Waals surface area contributed by atoms with E-state index in [0.29, 0.717) is 12.5 Å². The van der Waals surface area contributed by atoms with Crippen LogP contribution in [-0.2, 0) is 27.7 Å². The first-order valence-electron chi connectivity index (χ1n) is 7.60. The lowest BCUT2D eigenvalue weighted by Gasteiger charge is -2.23. The van der Waals surface area contributed by atoms with Gasteiger partial charge in [0.25, 0.3) is 0 Å². The molecule has 0 aromatic carbocycles. The number of fused-ring (bicyclic) bond motifs is 1. The van der Waals surface area contributed by atoms with Gasteiger partial charge in [-0.3, -0.25) is 4.90 Å². The van der Waals surface area contributed by atoms with E-state index in [9.17, 15) is 8.42 Å². The van der Waals surface area contributed by atoms with E-state index >= 15 is 0 Å². The number of sulfone groups is 1. The van der Waals surface area contributed by atoms with Crippen LogP contribution in [0.2, 0.25) is 0 Å². The van der Waals surface area contributed by atoms with Crippen molar-refractivity contribution in [2.24, 2.45) is 5.92 Å². The second-order valence-electron chi connectivity index (χ2n) is 5.77. The zero-order valence-corrected chi connectivity index (χ0v) is 13.8. The molecule has 2 rings (SSSR count). The molecule has 1 atom stereocenters. The lowest BCUT2D eigenvalue weighted by Crippen LogP contribution is -2.33. The molecule has 1 aromatic rings. The van der Waals surface area contributed by atoms with E-state index in [1.165, 1.54) is 5.69 Å². The smallest absolute Gasteiger partial charge is 0.151 e. The number of methoxy groups -OCH3 is 1. The lowest BCUT2D eigenvalue weighted by molar-refractivity contribution is 0.156. The highest BCUT2D eigenvalue weighted by Gasteiger charge is 2.22. The van der Waals surface area contributed by atoms with Crippen LogP contribution in [0, 0.1) is 5.92 Å². The molecule has 0 spiro atoms. The van der Waals surface area contributed by atoms with Crippen molar-refractivity contribution in [2.75, 3.05) is 38.3 Å². The zero-order chi connectivity index (χ0) is 15.3. The average Bonchev–Trinajstić information content (AvgIpc) is 2.82. The molecule has 0 amide bonds. The minimum Gasteiger partial charge on any atom is -0.385 e. The molecule has 0 radical (unpaired) electrons. The third-order valence-corrected chi connectivity index (χ3v) is 5.85. The Morgan fingerprint density at radius 1 is 1.38 bits per heavy atom. The van der Waals surface area contributed by atoms with Crippen molar-refractivity contribution in [3.8, 4) is 0 Å². The van der Waals surface area contributed by atoms with Gasteiger partial charge in [0.05, 0.1) is 5.75 Å². The fourth-order valence-corrected chi connectivity index (χ4v) is 3.64. The van der Waals surface area contributed by atoms with Gasteiger partial charge in [0.15, 0.2) is 9.84 Å². The molecular formula is C15H26N2O3S. The highest BCUT2D eigenvalue weighted by atomic mass is 32.2. The van der Waals surface area contributed by atoms with Crippen LogP contribution in [0.3, 0.4) is 0 Å². The lowest BCUT2D eigenvalue weighted by atomic mass is 10.1. The van der Waals surface area contributed by atoms with Gasteiger partial charge in [-0.25, -0.2) is 8.42 Å².